The second kappa shape index (κ2) is 11.8. The standard InChI is InChI=1S/C29H42O3Si2/c1-29(2,3)34(26-17-9-7-10-18-26,27-19-11-8-12-20-27)32-25(16-15-23-33(4,5)6)24-31-28-21-13-14-22-30-28/h7-12,17-20,25,28H,13-14,16,21-22,24H2,1-6H3. The third kappa shape index (κ3) is 7.16. The monoisotopic (exact) mass is 494 g/mol. The van der Waals surface area contributed by atoms with E-state index in [0.717, 1.165) is 25.9 Å². The lowest BCUT2D eigenvalue weighted by Gasteiger charge is -2.45. The molecule has 0 saturated carbocycles. The molecule has 5 heteroatoms. The molecule has 2 aromatic rings. The zero-order chi connectivity index (χ0) is 24.7. The van der Waals surface area contributed by atoms with Crippen LogP contribution in [0.3, 0.4) is 0 Å². The summed E-state index contributed by atoms with van der Waals surface area (Å²) in [6, 6.07) is 21.6. The van der Waals surface area contributed by atoms with Crippen molar-refractivity contribution in [1.82, 2.24) is 0 Å². The predicted molar refractivity (Wildman–Crippen MR) is 148 cm³/mol. The molecule has 1 heterocycles. The first kappa shape index (κ1) is 26.9. The molecular weight excluding hydrogens is 452 g/mol. The van der Waals surface area contributed by atoms with Gasteiger partial charge in [-0.1, -0.05) is 101 Å². The fourth-order valence-corrected chi connectivity index (χ4v) is 9.86. The highest BCUT2D eigenvalue weighted by Crippen LogP contribution is 2.38. The van der Waals surface area contributed by atoms with Crippen molar-refractivity contribution in [3.05, 3.63) is 60.7 Å². The first-order valence-corrected chi connectivity index (χ1v) is 18.0. The quantitative estimate of drug-likeness (QED) is 0.346. The van der Waals surface area contributed by atoms with E-state index in [-0.39, 0.29) is 17.4 Å². The summed E-state index contributed by atoms with van der Waals surface area (Å²) in [4.78, 5) is 0. The maximum absolute atomic E-state index is 7.35. The van der Waals surface area contributed by atoms with E-state index >= 15 is 0 Å². The summed E-state index contributed by atoms with van der Waals surface area (Å²) in [7, 11) is -4.15. The normalized spacial score (nSPS) is 18.1. The summed E-state index contributed by atoms with van der Waals surface area (Å²) < 4.78 is 19.5. The molecule has 1 fully saturated rings. The molecule has 2 atom stereocenters. The molecule has 0 aliphatic carbocycles. The largest absolute Gasteiger partial charge is 0.401 e. The number of rotatable bonds is 8. The number of benzene rings is 2. The van der Waals surface area contributed by atoms with Crippen LogP contribution in [-0.4, -0.2) is 42.0 Å². The van der Waals surface area contributed by atoms with Crippen molar-refractivity contribution in [2.24, 2.45) is 0 Å². The lowest BCUT2D eigenvalue weighted by molar-refractivity contribution is -0.173. The van der Waals surface area contributed by atoms with Gasteiger partial charge in [-0.3, -0.25) is 0 Å². The van der Waals surface area contributed by atoms with Crippen LogP contribution < -0.4 is 10.4 Å². The third-order valence-electron chi connectivity index (χ3n) is 6.16. The van der Waals surface area contributed by atoms with E-state index < -0.39 is 16.4 Å². The first-order valence-electron chi connectivity index (χ1n) is 12.6. The highest BCUT2D eigenvalue weighted by Gasteiger charge is 2.51. The molecule has 3 rings (SSSR count). The molecule has 0 radical (unpaired) electrons. The lowest BCUT2D eigenvalue weighted by atomic mass is 10.2. The van der Waals surface area contributed by atoms with Crippen LogP contribution in [0.2, 0.25) is 24.7 Å². The van der Waals surface area contributed by atoms with E-state index in [9.17, 15) is 0 Å². The van der Waals surface area contributed by atoms with E-state index in [1.165, 1.54) is 10.4 Å². The van der Waals surface area contributed by atoms with E-state index in [4.69, 9.17) is 13.9 Å². The molecule has 2 aromatic carbocycles. The maximum atomic E-state index is 7.35. The minimum Gasteiger partial charge on any atom is -0.401 e. The Kier molecular flexibility index (Phi) is 9.37. The van der Waals surface area contributed by atoms with Crippen LogP contribution in [0.15, 0.2) is 60.7 Å². The molecule has 34 heavy (non-hydrogen) atoms. The van der Waals surface area contributed by atoms with Crippen molar-refractivity contribution < 1.29 is 13.9 Å². The zero-order valence-corrected chi connectivity index (χ0v) is 23.9. The average Bonchev–Trinajstić information content (AvgIpc) is 2.81. The SMILES string of the molecule is CC(C)(C)[Si](OC(CC#C[Si](C)(C)C)COC1CCCCO1)(c1ccccc1)c1ccccc1. The van der Waals surface area contributed by atoms with Crippen LogP contribution in [0.4, 0.5) is 0 Å². The van der Waals surface area contributed by atoms with Gasteiger partial charge in [-0.05, 0) is 34.7 Å². The summed E-state index contributed by atoms with van der Waals surface area (Å²) in [6.07, 6.45) is 3.63. The molecule has 3 nitrogen and oxygen atoms in total. The smallest absolute Gasteiger partial charge is 0.261 e. The minimum absolute atomic E-state index is 0.0818. The predicted octanol–water partition coefficient (Wildman–Crippen LogP) is 5.75. The van der Waals surface area contributed by atoms with Crippen molar-refractivity contribution >= 4 is 26.8 Å². The van der Waals surface area contributed by atoms with Crippen molar-refractivity contribution in [3.63, 3.8) is 0 Å². The van der Waals surface area contributed by atoms with Crippen LogP contribution in [0.5, 0.6) is 0 Å². The van der Waals surface area contributed by atoms with Crippen molar-refractivity contribution in [1.29, 1.82) is 0 Å². The summed E-state index contributed by atoms with van der Waals surface area (Å²) in [5, 5.41) is 2.48. The number of hydrogen-bond donors (Lipinski definition) is 0. The fraction of sp³-hybridized carbons (Fsp3) is 0.517. The highest BCUT2D eigenvalue weighted by atomic mass is 28.4. The molecule has 1 aliphatic rings. The Balaban J connectivity index is 2.00. The maximum Gasteiger partial charge on any atom is 0.261 e. The third-order valence-corrected chi connectivity index (χ3v) is 12.2. The van der Waals surface area contributed by atoms with Crippen LogP contribution in [0.25, 0.3) is 0 Å². The zero-order valence-electron chi connectivity index (χ0n) is 21.9. The van der Waals surface area contributed by atoms with E-state index in [0.29, 0.717) is 13.0 Å². The van der Waals surface area contributed by atoms with Gasteiger partial charge in [-0.2, -0.15) is 0 Å². The van der Waals surface area contributed by atoms with E-state index in [2.05, 4.69) is 113 Å². The number of ether oxygens (including phenoxy) is 2. The van der Waals surface area contributed by atoms with Crippen LogP contribution >= 0.6 is 0 Å². The molecule has 0 amide bonds. The average molecular weight is 495 g/mol. The van der Waals surface area contributed by atoms with Gasteiger partial charge in [-0.15, -0.1) is 11.5 Å². The Labute approximate surface area is 209 Å². The first-order chi connectivity index (χ1) is 16.1. The van der Waals surface area contributed by atoms with Gasteiger partial charge >= 0.3 is 0 Å². The van der Waals surface area contributed by atoms with Crippen molar-refractivity contribution in [2.45, 2.75) is 83.5 Å². The molecule has 0 aromatic heterocycles. The van der Waals surface area contributed by atoms with Crippen molar-refractivity contribution in [2.75, 3.05) is 13.2 Å². The van der Waals surface area contributed by atoms with Crippen LogP contribution in [0, 0.1) is 11.5 Å². The Morgan fingerprint density at radius 2 is 1.53 bits per heavy atom. The molecule has 184 valence electrons. The minimum atomic E-state index is -2.67. The van der Waals surface area contributed by atoms with Gasteiger partial charge < -0.3 is 13.9 Å². The Morgan fingerprint density at radius 1 is 0.941 bits per heavy atom. The van der Waals surface area contributed by atoms with E-state index in [1.54, 1.807) is 0 Å². The molecule has 1 aliphatic heterocycles. The van der Waals surface area contributed by atoms with Gasteiger partial charge in [-0.25, -0.2) is 0 Å². The Morgan fingerprint density at radius 3 is 2.00 bits per heavy atom. The Hall–Kier alpha value is -1.69. The summed E-state index contributed by atoms with van der Waals surface area (Å²) in [6.45, 7) is 15.1. The molecule has 1 saturated heterocycles. The number of hydrogen-bond acceptors (Lipinski definition) is 3. The fourth-order valence-electron chi connectivity index (χ4n) is 4.56. The lowest BCUT2D eigenvalue weighted by Crippen LogP contribution is -2.68. The summed E-state index contributed by atoms with van der Waals surface area (Å²) in [5.74, 6) is 3.48. The van der Waals surface area contributed by atoms with Gasteiger partial charge in [0.15, 0.2) is 6.29 Å². The second-order valence-electron chi connectivity index (χ2n) is 11.3. The Bertz CT molecular complexity index is 891. The second-order valence-corrected chi connectivity index (χ2v) is 20.3. The van der Waals surface area contributed by atoms with Gasteiger partial charge in [0, 0.05) is 13.0 Å². The molecule has 2 unspecified atom stereocenters. The van der Waals surface area contributed by atoms with Gasteiger partial charge in [0.1, 0.15) is 8.07 Å². The van der Waals surface area contributed by atoms with Crippen LogP contribution in [-0.2, 0) is 13.9 Å². The van der Waals surface area contributed by atoms with Gasteiger partial charge in [0.25, 0.3) is 8.32 Å². The van der Waals surface area contributed by atoms with Crippen molar-refractivity contribution in [3.8, 4) is 11.5 Å². The summed E-state index contributed by atoms with van der Waals surface area (Å²) >= 11 is 0. The molecule has 0 spiro atoms. The molecule has 0 bridgehead atoms. The van der Waals surface area contributed by atoms with E-state index in [1.807, 2.05) is 0 Å². The topological polar surface area (TPSA) is 27.7 Å². The van der Waals surface area contributed by atoms with Gasteiger partial charge in [0.2, 0.25) is 0 Å². The molecule has 0 N–H and O–H groups in total. The van der Waals surface area contributed by atoms with Gasteiger partial charge in [0.05, 0.1) is 12.7 Å². The molecular formula is C29H42O3Si2. The highest BCUT2D eigenvalue weighted by molar-refractivity contribution is 6.99. The summed E-state index contributed by atoms with van der Waals surface area (Å²) in [5.41, 5.74) is 3.53. The van der Waals surface area contributed by atoms with Crippen LogP contribution in [0.1, 0.15) is 46.5 Å².